The number of rotatable bonds is 8. The highest BCUT2D eigenvalue weighted by molar-refractivity contribution is 7.75. The molecule has 6 heteroatoms. The molecule has 0 radical (unpaired) electrons. The van der Waals surface area contributed by atoms with Crippen molar-refractivity contribution < 1.29 is 22.0 Å². The van der Waals surface area contributed by atoms with Gasteiger partial charge in [-0.25, -0.2) is 0 Å². The number of hydrogen-bond donors (Lipinski definition) is 0. The maximum Gasteiger partial charge on any atom is 0.305 e. The SMILES string of the molecule is O=S1OC[C@H](C[C@@H]2C=CC[C@@H](CCCOCc3ccccc3)O2)O1. The third kappa shape index (κ3) is 5.79. The summed E-state index contributed by atoms with van der Waals surface area (Å²) < 4.78 is 32.9. The van der Waals surface area contributed by atoms with Crippen LogP contribution < -0.4 is 0 Å². The lowest BCUT2D eigenvalue weighted by atomic mass is 10.0. The highest BCUT2D eigenvalue weighted by Gasteiger charge is 2.28. The van der Waals surface area contributed by atoms with E-state index in [2.05, 4.69) is 24.3 Å². The average molecular weight is 352 g/mol. The Balaban J connectivity index is 1.30. The van der Waals surface area contributed by atoms with Gasteiger partial charge in [0.2, 0.25) is 0 Å². The summed E-state index contributed by atoms with van der Waals surface area (Å²) in [5.41, 5.74) is 1.20. The summed E-state index contributed by atoms with van der Waals surface area (Å²) in [6.45, 7) is 1.77. The maximum absolute atomic E-state index is 11.1. The van der Waals surface area contributed by atoms with Crippen LogP contribution in [0.1, 0.15) is 31.2 Å². The maximum atomic E-state index is 11.1. The van der Waals surface area contributed by atoms with Gasteiger partial charge in [0.25, 0.3) is 0 Å². The zero-order valence-electron chi connectivity index (χ0n) is 13.7. The quantitative estimate of drug-likeness (QED) is 0.532. The lowest BCUT2D eigenvalue weighted by Gasteiger charge is -2.27. The van der Waals surface area contributed by atoms with E-state index in [1.165, 1.54) is 5.56 Å². The van der Waals surface area contributed by atoms with Crippen LogP contribution in [0.2, 0.25) is 0 Å². The van der Waals surface area contributed by atoms with Crippen LogP contribution in [0.15, 0.2) is 42.5 Å². The molecule has 2 aliphatic rings. The number of hydrogen-bond acceptors (Lipinski definition) is 5. The first kappa shape index (κ1) is 17.8. The van der Waals surface area contributed by atoms with Gasteiger partial charge in [-0.1, -0.05) is 42.5 Å². The van der Waals surface area contributed by atoms with Gasteiger partial charge in [-0.3, -0.25) is 8.37 Å². The highest BCUT2D eigenvalue weighted by Crippen LogP contribution is 2.23. The minimum atomic E-state index is -1.59. The Morgan fingerprint density at radius 2 is 2.08 bits per heavy atom. The van der Waals surface area contributed by atoms with Crippen molar-refractivity contribution in [1.29, 1.82) is 0 Å². The Bertz CT molecular complexity index is 548. The summed E-state index contributed by atoms with van der Waals surface area (Å²) in [7, 11) is 0. The summed E-state index contributed by atoms with van der Waals surface area (Å²) in [6.07, 6.45) is 7.88. The van der Waals surface area contributed by atoms with Gasteiger partial charge in [-0.05, 0) is 24.8 Å². The lowest BCUT2D eigenvalue weighted by Crippen LogP contribution is -2.28. The monoisotopic (exact) mass is 352 g/mol. The van der Waals surface area contributed by atoms with Crippen LogP contribution in [0.3, 0.4) is 0 Å². The van der Waals surface area contributed by atoms with Gasteiger partial charge in [-0.15, -0.1) is 0 Å². The second kappa shape index (κ2) is 9.44. The Morgan fingerprint density at radius 1 is 1.21 bits per heavy atom. The number of ether oxygens (including phenoxy) is 2. The van der Waals surface area contributed by atoms with Gasteiger partial charge >= 0.3 is 11.4 Å². The second-order valence-electron chi connectivity index (χ2n) is 6.08. The molecule has 0 aromatic heterocycles. The normalized spacial score (nSPS) is 29.8. The van der Waals surface area contributed by atoms with E-state index in [-0.39, 0.29) is 18.3 Å². The van der Waals surface area contributed by atoms with Crippen molar-refractivity contribution in [3.63, 3.8) is 0 Å². The second-order valence-corrected chi connectivity index (χ2v) is 6.92. The molecule has 5 nitrogen and oxygen atoms in total. The molecule has 2 heterocycles. The minimum absolute atomic E-state index is 0.0117. The van der Waals surface area contributed by atoms with Gasteiger partial charge in [0.15, 0.2) is 0 Å². The van der Waals surface area contributed by atoms with Crippen molar-refractivity contribution in [3.05, 3.63) is 48.0 Å². The van der Waals surface area contributed by atoms with Crippen molar-refractivity contribution in [2.75, 3.05) is 13.2 Å². The van der Waals surface area contributed by atoms with Crippen molar-refractivity contribution in [2.45, 2.75) is 50.6 Å². The third-order valence-electron chi connectivity index (χ3n) is 4.10. The fraction of sp³-hybridized carbons (Fsp3) is 0.556. The molecule has 0 bridgehead atoms. The molecule has 132 valence electrons. The van der Waals surface area contributed by atoms with Crippen molar-refractivity contribution >= 4 is 11.4 Å². The summed E-state index contributed by atoms with van der Waals surface area (Å²) in [4.78, 5) is 0. The molecule has 0 amide bonds. The van der Waals surface area contributed by atoms with Gasteiger partial charge in [0.05, 0.1) is 25.4 Å². The molecule has 1 aromatic carbocycles. The van der Waals surface area contributed by atoms with Crippen LogP contribution in [0.4, 0.5) is 0 Å². The van der Waals surface area contributed by atoms with E-state index in [9.17, 15) is 4.21 Å². The topological polar surface area (TPSA) is 54.0 Å². The summed E-state index contributed by atoms with van der Waals surface area (Å²) >= 11 is -1.59. The van der Waals surface area contributed by atoms with E-state index in [4.69, 9.17) is 17.8 Å². The number of benzene rings is 1. The van der Waals surface area contributed by atoms with Crippen LogP contribution in [0.25, 0.3) is 0 Å². The van der Waals surface area contributed by atoms with E-state index in [1.54, 1.807) is 0 Å². The zero-order valence-corrected chi connectivity index (χ0v) is 14.5. The Hall–Kier alpha value is -1.05. The Kier molecular flexibility index (Phi) is 6.98. The predicted octanol–water partition coefficient (Wildman–Crippen LogP) is 3.08. The highest BCUT2D eigenvalue weighted by atomic mass is 32.2. The van der Waals surface area contributed by atoms with E-state index < -0.39 is 11.4 Å². The van der Waals surface area contributed by atoms with Gasteiger partial charge in [0.1, 0.15) is 6.10 Å². The largest absolute Gasteiger partial charge is 0.377 e. The molecule has 1 fully saturated rings. The Labute approximate surface area is 145 Å². The first-order chi connectivity index (χ1) is 11.8. The van der Waals surface area contributed by atoms with E-state index in [0.29, 0.717) is 19.6 Å². The molecular formula is C18H24O5S. The van der Waals surface area contributed by atoms with E-state index in [1.807, 2.05) is 18.2 Å². The molecule has 2 aliphatic heterocycles. The molecule has 3 rings (SSSR count). The standard InChI is InChI=1S/C18H24O5S/c19-24-21-14-18(23-24)12-17-9-4-8-16(22-17)10-5-11-20-13-15-6-2-1-3-7-15/h1-4,6-7,9,16-18H,5,8,10-14H2/t16-,17-,18-,24?/m0/s1. The van der Waals surface area contributed by atoms with Crippen LogP contribution >= 0.6 is 0 Å². The molecule has 0 saturated carbocycles. The average Bonchev–Trinajstić information content (AvgIpc) is 3.01. The van der Waals surface area contributed by atoms with Crippen molar-refractivity contribution in [2.24, 2.45) is 0 Å². The van der Waals surface area contributed by atoms with Crippen LogP contribution in [-0.2, 0) is 35.8 Å². The summed E-state index contributed by atoms with van der Waals surface area (Å²) in [5.74, 6) is 0. The fourth-order valence-corrected chi connectivity index (χ4v) is 3.57. The Morgan fingerprint density at radius 3 is 2.88 bits per heavy atom. The summed E-state index contributed by atoms with van der Waals surface area (Å²) in [5, 5.41) is 0. The lowest BCUT2D eigenvalue weighted by molar-refractivity contribution is -0.0203. The fourth-order valence-electron chi connectivity index (χ4n) is 2.89. The van der Waals surface area contributed by atoms with E-state index >= 15 is 0 Å². The molecule has 0 aliphatic carbocycles. The molecule has 4 atom stereocenters. The molecular weight excluding hydrogens is 328 g/mol. The molecule has 1 aromatic rings. The third-order valence-corrected chi connectivity index (χ3v) is 4.86. The molecule has 1 saturated heterocycles. The molecule has 24 heavy (non-hydrogen) atoms. The first-order valence-electron chi connectivity index (χ1n) is 8.45. The summed E-state index contributed by atoms with van der Waals surface area (Å²) in [6, 6.07) is 10.2. The van der Waals surface area contributed by atoms with Crippen LogP contribution in [0.5, 0.6) is 0 Å². The predicted molar refractivity (Wildman–Crippen MR) is 91.3 cm³/mol. The van der Waals surface area contributed by atoms with Crippen molar-refractivity contribution in [1.82, 2.24) is 0 Å². The zero-order chi connectivity index (χ0) is 16.6. The minimum Gasteiger partial charge on any atom is -0.377 e. The van der Waals surface area contributed by atoms with Crippen LogP contribution in [0, 0.1) is 0 Å². The van der Waals surface area contributed by atoms with E-state index in [0.717, 1.165) is 25.9 Å². The smallest absolute Gasteiger partial charge is 0.305 e. The van der Waals surface area contributed by atoms with Gasteiger partial charge < -0.3 is 9.47 Å². The molecule has 0 N–H and O–H groups in total. The van der Waals surface area contributed by atoms with Crippen molar-refractivity contribution in [3.8, 4) is 0 Å². The molecule has 0 spiro atoms. The molecule has 1 unspecified atom stereocenters. The van der Waals surface area contributed by atoms with Crippen LogP contribution in [-0.4, -0.2) is 35.7 Å². The first-order valence-corrected chi connectivity index (χ1v) is 9.45. The van der Waals surface area contributed by atoms with Gasteiger partial charge in [0, 0.05) is 13.0 Å². The van der Waals surface area contributed by atoms with Gasteiger partial charge in [-0.2, -0.15) is 4.21 Å².